The fraction of sp³-hybridized carbons (Fsp3) is 0.294. The van der Waals surface area contributed by atoms with Gasteiger partial charge in [0.15, 0.2) is 0 Å². The van der Waals surface area contributed by atoms with Gasteiger partial charge in [-0.15, -0.1) is 0 Å². The molecule has 0 aliphatic carbocycles. The summed E-state index contributed by atoms with van der Waals surface area (Å²) in [5, 5.41) is 0. The highest BCUT2D eigenvalue weighted by Gasteiger charge is 2.15. The molecule has 2 rings (SSSR count). The van der Waals surface area contributed by atoms with Crippen molar-refractivity contribution < 1.29 is 9.47 Å². The van der Waals surface area contributed by atoms with Crippen molar-refractivity contribution >= 4 is 0 Å². The average Bonchev–Trinajstić information content (AvgIpc) is 2.47. The van der Waals surface area contributed by atoms with Gasteiger partial charge in [0.05, 0.1) is 12.7 Å². The average molecular weight is 271 g/mol. The Kier molecular flexibility index (Phi) is 4.64. The molecule has 2 aromatic carbocycles. The molecule has 0 aliphatic heterocycles. The molecule has 0 fully saturated rings. The summed E-state index contributed by atoms with van der Waals surface area (Å²) in [5.74, 6) is 2.37. The van der Waals surface area contributed by atoms with E-state index in [4.69, 9.17) is 15.2 Å². The lowest BCUT2D eigenvalue weighted by atomic mass is 10.1. The molecule has 3 heteroatoms. The van der Waals surface area contributed by atoms with Gasteiger partial charge >= 0.3 is 0 Å². The number of ether oxygens (including phenoxy) is 2. The van der Waals surface area contributed by atoms with Gasteiger partial charge in [0.25, 0.3) is 0 Å². The van der Waals surface area contributed by atoms with Crippen molar-refractivity contribution in [2.75, 3.05) is 7.11 Å². The highest BCUT2D eigenvalue weighted by molar-refractivity contribution is 5.49. The van der Waals surface area contributed by atoms with Crippen LogP contribution in [0, 0.1) is 0 Å². The Balaban J connectivity index is 2.43. The van der Waals surface area contributed by atoms with Crippen molar-refractivity contribution in [3.63, 3.8) is 0 Å². The van der Waals surface area contributed by atoms with Gasteiger partial charge in [0, 0.05) is 6.04 Å². The largest absolute Gasteiger partial charge is 0.496 e. The third kappa shape index (κ3) is 2.94. The van der Waals surface area contributed by atoms with Crippen LogP contribution in [-0.2, 0) is 6.42 Å². The molecule has 20 heavy (non-hydrogen) atoms. The monoisotopic (exact) mass is 271 g/mol. The minimum Gasteiger partial charge on any atom is -0.496 e. The highest BCUT2D eigenvalue weighted by Crippen LogP contribution is 2.36. The summed E-state index contributed by atoms with van der Waals surface area (Å²) in [6, 6.07) is 13.6. The van der Waals surface area contributed by atoms with Crippen LogP contribution in [0.25, 0.3) is 0 Å². The predicted molar refractivity (Wildman–Crippen MR) is 81.5 cm³/mol. The minimum absolute atomic E-state index is 0.157. The minimum atomic E-state index is -0.157. The van der Waals surface area contributed by atoms with Crippen molar-refractivity contribution in [2.24, 2.45) is 5.73 Å². The summed E-state index contributed by atoms with van der Waals surface area (Å²) < 4.78 is 11.5. The Hall–Kier alpha value is -2.00. The van der Waals surface area contributed by atoms with Crippen molar-refractivity contribution in [1.82, 2.24) is 0 Å². The molecule has 0 unspecified atom stereocenters. The number of methoxy groups -OCH3 is 1. The van der Waals surface area contributed by atoms with E-state index in [2.05, 4.69) is 13.0 Å². The van der Waals surface area contributed by atoms with E-state index in [0.29, 0.717) is 0 Å². The fourth-order valence-electron chi connectivity index (χ4n) is 2.25. The van der Waals surface area contributed by atoms with Gasteiger partial charge < -0.3 is 15.2 Å². The van der Waals surface area contributed by atoms with E-state index >= 15 is 0 Å². The third-order valence-corrected chi connectivity index (χ3v) is 3.27. The van der Waals surface area contributed by atoms with E-state index in [1.165, 1.54) is 5.56 Å². The van der Waals surface area contributed by atoms with Gasteiger partial charge in [-0.3, -0.25) is 0 Å². The van der Waals surface area contributed by atoms with E-state index in [1.54, 1.807) is 7.11 Å². The number of hydrogen-bond donors (Lipinski definition) is 1. The maximum Gasteiger partial charge on any atom is 0.135 e. The molecule has 0 saturated heterocycles. The fourth-order valence-corrected chi connectivity index (χ4v) is 2.25. The number of para-hydroxylation sites is 1. The second-order valence-corrected chi connectivity index (χ2v) is 4.72. The van der Waals surface area contributed by atoms with Gasteiger partial charge in [-0.1, -0.05) is 31.2 Å². The van der Waals surface area contributed by atoms with Gasteiger partial charge in [0.2, 0.25) is 0 Å². The molecule has 3 nitrogen and oxygen atoms in total. The molecular formula is C17H21NO2. The van der Waals surface area contributed by atoms with Crippen molar-refractivity contribution in [3.8, 4) is 17.2 Å². The van der Waals surface area contributed by atoms with Crippen LogP contribution < -0.4 is 15.2 Å². The Morgan fingerprint density at radius 2 is 1.65 bits per heavy atom. The molecule has 0 aromatic heterocycles. The van der Waals surface area contributed by atoms with Crippen molar-refractivity contribution in [3.05, 3.63) is 53.6 Å². The summed E-state index contributed by atoms with van der Waals surface area (Å²) in [7, 11) is 1.64. The molecule has 0 amide bonds. The first-order valence-electron chi connectivity index (χ1n) is 6.85. The lowest BCUT2D eigenvalue weighted by Gasteiger charge is -2.18. The Morgan fingerprint density at radius 1 is 1.00 bits per heavy atom. The quantitative estimate of drug-likeness (QED) is 0.891. The van der Waals surface area contributed by atoms with E-state index in [1.807, 2.05) is 43.3 Å². The van der Waals surface area contributed by atoms with Crippen molar-refractivity contribution in [1.29, 1.82) is 0 Å². The molecule has 1 atom stereocenters. The molecule has 2 aromatic rings. The normalized spacial score (nSPS) is 12.0. The summed E-state index contributed by atoms with van der Waals surface area (Å²) in [5.41, 5.74) is 8.12. The van der Waals surface area contributed by atoms with Crippen LogP contribution in [0.3, 0.4) is 0 Å². The van der Waals surface area contributed by atoms with Crippen LogP contribution in [0.1, 0.15) is 31.0 Å². The van der Waals surface area contributed by atoms with Crippen LogP contribution in [0.4, 0.5) is 0 Å². The van der Waals surface area contributed by atoms with Gasteiger partial charge in [-0.25, -0.2) is 0 Å². The molecular weight excluding hydrogens is 250 g/mol. The molecule has 106 valence electrons. The molecule has 0 radical (unpaired) electrons. The predicted octanol–water partition coefficient (Wildman–Crippen LogP) is 4.07. The standard InChI is InChI=1S/C17H21NO2/c1-4-13-8-5-6-9-14(13)20-16-11-7-10-15(19-3)17(16)12(2)18/h5-12H,4,18H2,1-3H3/t12-/m1/s1. The molecule has 0 bridgehead atoms. The summed E-state index contributed by atoms with van der Waals surface area (Å²) in [6.07, 6.45) is 0.924. The topological polar surface area (TPSA) is 44.5 Å². The molecule has 0 heterocycles. The Bertz CT molecular complexity index is 579. The number of hydrogen-bond acceptors (Lipinski definition) is 3. The first kappa shape index (κ1) is 14.4. The van der Waals surface area contributed by atoms with Crippen LogP contribution in [0.15, 0.2) is 42.5 Å². The van der Waals surface area contributed by atoms with E-state index in [-0.39, 0.29) is 6.04 Å². The molecule has 0 spiro atoms. The lowest BCUT2D eigenvalue weighted by molar-refractivity contribution is 0.397. The van der Waals surface area contributed by atoms with Crippen molar-refractivity contribution in [2.45, 2.75) is 26.3 Å². The summed E-state index contributed by atoms with van der Waals surface area (Å²) in [6.45, 7) is 4.04. The number of aryl methyl sites for hydroxylation is 1. The summed E-state index contributed by atoms with van der Waals surface area (Å²) in [4.78, 5) is 0. The van der Waals surface area contributed by atoms with Gasteiger partial charge in [-0.2, -0.15) is 0 Å². The van der Waals surface area contributed by atoms with Gasteiger partial charge in [-0.05, 0) is 37.1 Å². The van der Waals surface area contributed by atoms with Crippen LogP contribution in [0.2, 0.25) is 0 Å². The zero-order valence-corrected chi connectivity index (χ0v) is 12.2. The Morgan fingerprint density at radius 3 is 2.30 bits per heavy atom. The van der Waals surface area contributed by atoms with E-state index < -0.39 is 0 Å². The second-order valence-electron chi connectivity index (χ2n) is 4.72. The van der Waals surface area contributed by atoms with Crippen LogP contribution in [-0.4, -0.2) is 7.11 Å². The number of rotatable bonds is 5. The van der Waals surface area contributed by atoms with Crippen LogP contribution >= 0.6 is 0 Å². The Labute approximate surface area is 120 Å². The SMILES string of the molecule is CCc1ccccc1Oc1cccc(OC)c1[C@@H](C)N. The maximum absolute atomic E-state index is 6.08. The zero-order valence-electron chi connectivity index (χ0n) is 12.2. The number of nitrogens with two attached hydrogens (primary N) is 1. The molecule has 0 aliphatic rings. The zero-order chi connectivity index (χ0) is 14.5. The first-order chi connectivity index (χ1) is 9.67. The van der Waals surface area contributed by atoms with E-state index in [0.717, 1.165) is 29.2 Å². The molecule has 0 saturated carbocycles. The number of benzene rings is 2. The highest BCUT2D eigenvalue weighted by atomic mass is 16.5. The maximum atomic E-state index is 6.08. The smallest absolute Gasteiger partial charge is 0.135 e. The third-order valence-electron chi connectivity index (χ3n) is 3.27. The van der Waals surface area contributed by atoms with Crippen LogP contribution in [0.5, 0.6) is 17.2 Å². The van der Waals surface area contributed by atoms with Gasteiger partial charge in [0.1, 0.15) is 17.2 Å². The molecule has 2 N–H and O–H groups in total. The first-order valence-corrected chi connectivity index (χ1v) is 6.85. The second kappa shape index (κ2) is 6.44. The van der Waals surface area contributed by atoms with E-state index in [9.17, 15) is 0 Å². The lowest BCUT2D eigenvalue weighted by Crippen LogP contribution is -2.09. The summed E-state index contributed by atoms with van der Waals surface area (Å²) >= 11 is 0.